The molecule has 0 unspecified atom stereocenters. The predicted molar refractivity (Wildman–Crippen MR) is 122 cm³/mol. The highest BCUT2D eigenvalue weighted by atomic mass is 32.1. The van der Waals surface area contributed by atoms with E-state index < -0.39 is 6.10 Å². The quantitative estimate of drug-likeness (QED) is 0.651. The van der Waals surface area contributed by atoms with Crippen molar-refractivity contribution in [2.75, 3.05) is 32.8 Å². The molecule has 6 heteroatoms. The Bertz CT molecular complexity index is 816. The van der Waals surface area contributed by atoms with Gasteiger partial charge in [-0.05, 0) is 60.5 Å². The number of nitrogens with zero attached hydrogens (tertiary/aromatic N) is 2. The average molecular weight is 431 g/mol. The molecular weight excluding hydrogens is 396 g/mol. The summed E-state index contributed by atoms with van der Waals surface area (Å²) in [6, 6.07) is 10.3. The van der Waals surface area contributed by atoms with Crippen molar-refractivity contribution in [3.8, 4) is 5.75 Å². The molecule has 0 saturated carbocycles. The molecular formula is C24H34N2O3S. The Kier molecular flexibility index (Phi) is 7.92. The first-order valence-corrected chi connectivity index (χ1v) is 11.8. The standard InChI is InChI=1S/C24H34N2O3S/c1-5-25(14-18(4)27)15-24(28)26-12-10-23-21(11-13-30-23)22(26)16-29-20-8-6-19(7-9-20)17(2)3/h6-9,11,13,17-18,22,27H,5,10,12,14-16H2,1-4H3/t18-,22+/m0/s1. The van der Waals surface area contributed by atoms with Crippen molar-refractivity contribution >= 4 is 17.2 Å². The van der Waals surface area contributed by atoms with E-state index in [1.54, 1.807) is 18.3 Å². The van der Waals surface area contributed by atoms with E-state index in [4.69, 9.17) is 4.74 Å². The molecule has 2 aromatic rings. The van der Waals surface area contributed by atoms with Crippen molar-refractivity contribution < 1.29 is 14.6 Å². The number of ether oxygens (including phenoxy) is 1. The summed E-state index contributed by atoms with van der Waals surface area (Å²) in [4.78, 5) is 18.5. The van der Waals surface area contributed by atoms with Crippen LogP contribution in [0.2, 0.25) is 0 Å². The molecule has 0 bridgehead atoms. The molecule has 0 radical (unpaired) electrons. The third-order valence-corrected chi connectivity index (χ3v) is 6.69. The minimum absolute atomic E-state index is 0.0810. The highest BCUT2D eigenvalue weighted by molar-refractivity contribution is 7.10. The van der Waals surface area contributed by atoms with Gasteiger partial charge in [0.05, 0.1) is 18.7 Å². The molecule has 5 nitrogen and oxygen atoms in total. The lowest BCUT2D eigenvalue weighted by molar-refractivity contribution is -0.136. The fraction of sp³-hybridized carbons (Fsp3) is 0.542. The molecule has 30 heavy (non-hydrogen) atoms. The van der Waals surface area contributed by atoms with Gasteiger partial charge in [-0.25, -0.2) is 0 Å². The second kappa shape index (κ2) is 10.4. The lowest BCUT2D eigenvalue weighted by Gasteiger charge is -2.37. The van der Waals surface area contributed by atoms with Gasteiger partial charge in [0, 0.05) is 18.0 Å². The number of thiophene rings is 1. The minimum Gasteiger partial charge on any atom is -0.491 e. The molecule has 1 aliphatic rings. The van der Waals surface area contributed by atoms with Crippen LogP contribution in [0.5, 0.6) is 5.75 Å². The first-order chi connectivity index (χ1) is 14.4. The monoisotopic (exact) mass is 430 g/mol. The van der Waals surface area contributed by atoms with Gasteiger partial charge in [0.1, 0.15) is 12.4 Å². The van der Waals surface area contributed by atoms with Crippen molar-refractivity contribution in [1.29, 1.82) is 0 Å². The van der Waals surface area contributed by atoms with E-state index in [0.717, 1.165) is 18.7 Å². The zero-order valence-corrected chi connectivity index (χ0v) is 19.3. The Labute approximate surface area is 184 Å². The van der Waals surface area contributed by atoms with Gasteiger partial charge in [-0.3, -0.25) is 9.69 Å². The van der Waals surface area contributed by atoms with Crippen LogP contribution in [0, 0.1) is 0 Å². The number of aliphatic hydroxyl groups is 1. The number of carbonyl (C=O) groups excluding carboxylic acids is 1. The van der Waals surface area contributed by atoms with Crippen molar-refractivity contribution in [1.82, 2.24) is 9.80 Å². The van der Waals surface area contributed by atoms with Crippen LogP contribution in [0.1, 0.15) is 55.7 Å². The first kappa shape index (κ1) is 22.8. The molecule has 3 rings (SSSR count). The van der Waals surface area contributed by atoms with Gasteiger partial charge in [-0.15, -0.1) is 11.3 Å². The van der Waals surface area contributed by atoms with Crippen molar-refractivity contribution in [3.05, 3.63) is 51.7 Å². The summed E-state index contributed by atoms with van der Waals surface area (Å²) in [5.41, 5.74) is 2.49. The highest BCUT2D eigenvalue weighted by Gasteiger charge is 2.32. The maximum atomic E-state index is 13.2. The summed E-state index contributed by atoms with van der Waals surface area (Å²) < 4.78 is 6.14. The van der Waals surface area contributed by atoms with Crippen LogP contribution in [0.4, 0.5) is 0 Å². The third kappa shape index (κ3) is 5.62. The van der Waals surface area contributed by atoms with Crippen LogP contribution < -0.4 is 4.74 Å². The van der Waals surface area contributed by atoms with E-state index in [2.05, 4.69) is 37.4 Å². The summed E-state index contributed by atoms with van der Waals surface area (Å²) in [5.74, 6) is 1.42. The van der Waals surface area contributed by atoms with Crippen LogP contribution in [-0.4, -0.2) is 59.7 Å². The highest BCUT2D eigenvalue weighted by Crippen LogP contribution is 2.34. The summed E-state index contributed by atoms with van der Waals surface area (Å²) in [7, 11) is 0. The maximum Gasteiger partial charge on any atom is 0.237 e. The SMILES string of the molecule is CCN(CC(=O)N1CCc2sccc2[C@H]1COc1ccc(C(C)C)cc1)C[C@H](C)O. The van der Waals surface area contributed by atoms with E-state index in [0.29, 0.717) is 32.2 Å². The van der Waals surface area contributed by atoms with Crippen LogP contribution >= 0.6 is 11.3 Å². The largest absolute Gasteiger partial charge is 0.491 e. The third-order valence-electron chi connectivity index (χ3n) is 5.70. The molecule has 1 aromatic carbocycles. The molecule has 1 N–H and O–H groups in total. The van der Waals surface area contributed by atoms with Gasteiger partial charge in [0.25, 0.3) is 0 Å². The second-order valence-electron chi connectivity index (χ2n) is 8.36. The average Bonchev–Trinajstić information content (AvgIpc) is 3.20. The number of aliphatic hydroxyl groups excluding tert-OH is 1. The van der Waals surface area contributed by atoms with E-state index in [1.807, 2.05) is 28.9 Å². The number of amides is 1. The molecule has 0 aliphatic carbocycles. The normalized spacial score (nSPS) is 17.3. The molecule has 164 valence electrons. The Morgan fingerprint density at radius 1 is 1.27 bits per heavy atom. The summed E-state index contributed by atoms with van der Waals surface area (Å²) in [5, 5.41) is 11.8. The van der Waals surface area contributed by atoms with Gasteiger partial charge >= 0.3 is 0 Å². The van der Waals surface area contributed by atoms with Gasteiger partial charge in [0.2, 0.25) is 5.91 Å². The molecule has 0 fully saturated rings. The molecule has 2 atom stereocenters. The molecule has 1 amide bonds. The number of fused-ring (bicyclic) bond motifs is 1. The lowest BCUT2D eigenvalue weighted by atomic mass is 10.00. The van der Waals surface area contributed by atoms with Crippen LogP contribution in [0.25, 0.3) is 0 Å². The van der Waals surface area contributed by atoms with Gasteiger partial charge in [0.15, 0.2) is 0 Å². The number of rotatable bonds is 9. The van der Waals surface area contributed by atoms with Gasteiger partial charge in [-0.2, -0.15) is 0 Å². The fourth-order valence-electron chi connectivity index (χ4n) is 3.96. The van der Waals surface area contributed by atoms with Crippen LogP contribution in [0.3, 0.4) is 0 Å². The Morgan fingerprint density at radius 3 is 2.63 bits per heavy atom. The summed E-state index contributed by atoms with van der Waals surface area (Å²) in [6.07, 6.45) is 0.441. The van der Waals surface area contributed by atoms with Crippen LogP contribution in [-0.2, 0) is 11.2 Å². The predicted octanol–water partition coefficient (Wildman–Crippen LogP) is 4.08. The molecule has 0 spiro atoms. The first-order valence-electron chi connectivity index (χ1n) is 10.9. The minimum atomic E-state index is -0.449. The van der Waals surface area contributed by atoms with E-state index in [-0.39, 0.29) is 11.9 Å². The Hall–Kier alpha value is -1.89. The molecule has 0 saturated heterocycles. The second-order valence-corrected chi connectivity index (χ2v) is 9.36. The van der Waals surface area contributed by atoms with Crippen LogP contribution in [0.15, 0.2) is 35.7 Å². The van der Waals surface area contributed by atoms with E-state index in [9.17, 15) is 9.90 Å². The molecule has 1 aromatic heterocycles. The summed E-state index contributed by atoms with van der Waals surface area (Å²) >= 11 is 1.76. The number of carbonyl (C=O) groups is 1. The number of likely N-dealkylation sites (N-methyl/N-ethyl adjacent to an activating group) is 1. The number of benzene rings is 1. The Balaban J connectivity index is 1.72. The number of hydrogen-bond donors (Lipinski definition) is 1. The number of hydrogen-bond acceptors (Lipinski definition) is 5. The maximum absolute atomic E-state index is 13.2. The lowest BCUT2D eigenvalue weighted by Crippen LogP contribution is -2.47. The van der Waals surface area contributed by atoms with E-state index in [1.165, 1.54) is 16.0 Å². The Morgan fingerprint density at radius 2 is 2.00 bits per heavy atom. The van der Waals surface area contributed by atoms with Crippen molar-refractivity contribution in [3.63, 3.8) is 0 Å². The summed E-state index contributed by atoms with van der Waals surface area (Å²) in [6.45, 7) is 10.8. The van der Waals surface area contributed by atoms with E-state index >= 15 is 0 Å². The smallest absolute Gasteiger partial charge is 0.237 e. The fourth-order valence-corrected chi connectivity index (χ4v) is 4.89. The zero-order chi connectivity index (χ0) is 21.7. The van der Waals surface area contributed by atoms with Gasteiger partial charge < -0.3 is 14.7 Å². The zero-order valence-electron chi connectivity index (χ0n) is 18.5. The van der Waals surface area contributed by atoms with Crippen molar-refractivity contribution in [2.45, 2.75) is 52.2 Å². The van der Waals surface area contributed by atoms with Gasteiger partial charge in [-0.1, -0.05) is 32.9 Å². The molecule has 2 heterocycles. The topological polar surface area (TPSA) is 53.0 Å². The molecule has 1 aliphatic heterocycles. The van der Waals surface area contributed by atoms with Crippen molar-refractivity contribution in [2.24, 2.45) is 0 Å².